The van der Waals surface area contributed by atoms with E-state index in [9.17, 15) is 0 Å². The quantitative estimate of drug-likeness (QED) is 0.706. The Morgan fingerprint density at radius 3 is 2.11 bits per heavy atom. The molecule has 0 aromatic carbocycles. The van der Waals surface area contributed by atoms with E-state index in [1.807, 2.05) is 0 Å². The Bertz CT molecular complexity index is 293. The van der Waals surface area contributed by atoms with Crippen molar-refractivity contribution in [1.82, 2.24) is 4.90 Å². The molecule has 18 heavy (non-hydrogen) atoms. The summed E-state index contributed by atoms with van der Waals surface area (Å²) in [6, 6.07) is 0.725. The SMILES string of the molecule is CC(C)(C)CC1CC2(CCN1C(C)(C)C)COC2. The average molecular weight is 253 g/mol. The van der Waals surface area contributed by atoms with Gasteiger partial charge in [0.05, 0.1) is 13.2 Å². The fraction of sp³-hybridized carbons (Fsp3) is 1.00. The molecule has 2 aliphatic rings. The van der Waals surface area contributed by atoms with E-state index in [-0.39, 0.29) is 0 Å². The average Bonchev–Trinajstić information content (AvgIpc) is 2.10. The van der Waals surface area contributed by atoms with E-state index in [0.717, 1.165) is 19.3 Å². The van der Waals surface area contributed by atoms with Gasteiger partial charge >= 0.3 is 0 Å². The second-order valence-electron chi connectivity index (χ2n) is 8.73. The normalized spacial score (nSPS) is 29.3. The van der Waals surface area contributed by atoms with Gasteiger partial charge in [-0.2, -0.15) is 0 Å². The molecule has 2 heteroatoms. The first-order chi connectivity index (χ1) is 8.11. The highest BCUT2D eigenvalue weighted by atomic mass is 16.5. The lowest BCUT2D eigenvalue weighted by Crippen LogP contribution is -2.60. The topological polar surface area (TPSA) is 12.5 Å². The van der Waals surface area contributed by atoms with E-state index < -0.39 is 0 Å². The number of rotatable bonds is 1. The first-order valence-corrected chi connectivity index (χ1v) is 7.46. The predicted octanol–water partition coefficient (Wildman–Crippen LogP) is 3.70. The van der Waals surface area contributed by atoms with Gasteiger partial charge in [0, 0.05) is 17.0 Å². The third-order valence-electron chi connectivity index (χ3n) is 4.52. The van der Waals surface area contributed by atoms with Crippen LogP contribution in [0.15, 0.2) is 0 Å². The molecule has 1 unspecified atom stereocenters. The predicted molar refractivity (Wildman–Crippen MR) is 76.8 cm³/mol. The van der Waals surface area contributed by atoms with Crippen LogP contribution in [-0.4, -0.2) is 36.2 Å². The van der Waals surface area contributed by atoms with Crippen molar-refractivity contribution in [3.63, 3.8) is 0 Å². The summed E-state index contributed by atoms with van der Waals surface area (Å²) in [6.45, 7) is 17.4. The summed E-state index contributed by atoms with van der Waals surface area (Å²) in [5.41, 5.74) is 1.23. The molecule has 2 aliphatic heterocycles. The first-order valence-electron chi connectivity index (χ1n) is 7.46. The Labute approximate surface area is 113 Å². The van der Waals surface area contributed by atoms with E-state index in [2.05, 4.69) is 46.4 Å². The lowest BCUT2D eigenvalue weighted by Gasteiger charge is -2.55. The molecule has 0 aromatic heterocycles. The molecule has 0 bridgehead atoms. The first kappa shape index (κ1) is 14.3. The molecular formula is C16H31NO. The minimum absolute atomic E-state index is 0.294. The summed E-state index contributed by atoms with van der Waals surface area (Å²) in [4.78, 5) is 2.74. The second-order valence-corrected chi connectivity index (χ2v) is 8.73. The highest BCUT2D eigenvalue weighted by molar-refractivity contribution is 4.99. The van der Waals surface area contributed by atoms with E-state index in [4.69, 9.17) is 4.74 Å². The minimum atomic E-state index is 0.294. The summed E-state index contributed by atoms with van der Waals surface area (Å²) in [5.74, 6) is 0. The van der Waals surface area contributed by atoms with Crippen molar-refractivity contribution in [2.45, 2.75) is 72.4 Å². The third kappa shape index (κ3) is 3.08. The number of nitrogens with zero attached hydrogens (tertiary/aromatic N) is 1. The van der Waals surface area contributed by atoms with Crippen LogP contribution in [0.4, 0.5) is 0 Å². The van der Waals surface area contributed by atoms with Crippen LogP contribution in [0, 0.1) is 10.8 Å². The zero-order chi connectivity index (χ0) is 13.6. The van der Waals surface area contributed by atoms with Crippen molar-refractivity contribution >= 4 is 0 Å². The molecule has 0 N–H and O–H groups in total. The second kappa shape index (κ2) is 4.49. The lowest BCUT2D eigenvalue weighted by atomic mass is 9.70. The Balaban J connectivity index is 2.11. The van der Waals surface area contributed by atoms with Crippen LogP contribution < -0.4 is 0 Å². The highest BCUT2D eigenvalue weighted by Crippen LogP contribution is 2.45. The lowest BCUT2D eigenvalue weighted by molar-refractivity contribution is -0.163. The maximum atomic E-state index is 5.50. The molecule has 1 spiro atoms. The minimum Gasteiger partial charge on any atom is -0.380 e. The van der Waals surface area contributed by atoms with E-state index in [0.29, 0.717) is 16.4 Å². The number of hydrogen-bond acceptors (Lipinski definition) is 2. The molecule has 0 amide bonds. The van der Waals surface area contributed by atoms with Gasteiger partial charge in [-0.15, -0.1) is 0 Å². The fourth-order valence-corrected chi connectivity index (χ4v) is 3.68. The van der Waals surface area contributed by atoms with Crippen molar-refractivity contribution in [2.75, 3.05) is 19.8 Å². The van der Waals surface area contributed by atoms with Gasteiger partial charge in [0.25, 0.3) is 0 Å². The van der Waals surface area contributed by atoms with Gasteiger partial charge in [-0.3, -0.25) is 4.90 Å². The van der Waals surface area contributed by atoms with Gasteiger partial charge in [-0.1, -0.05) is 20.8 Å². The van der Waals surface area contributed by atoms with Crippen LogP contribution in [-0.2, 0) is 4.74 Å². The van der Waals surface area contributed by atoms with E-state index >= 15 is 0 Å². The third-order valence-corrected chi connectivity index (χ3v) is 4.52. The summed E-state index contributed by atoms with van der Waals surface area (Å²) >= 11 is 0. The molecular weight excluding hydrogens is 222 g/mol. The van der Waals surface area contributed by atoms with Gasteiger partial charge in [0.1, 0.15) is 0 Å². The molecule has 0 aromatic rings. The van der Waals surface area contributed by atoms with Crippen molar-refractivity contribution in [3.05, 3.63) is 0 Å². The molecule has 2 heterocycles. The fourth-order valence-electron chi connectivity index (χ4n) is 3.68. The summed E-state index contributed by atoms with van der Waals surface area (Å²) < 4.78 is 5.50. The zero-order valence-electron chi connectivity index (χ0n) is 13.2. The molecule has 2 saturated heterocycles. The van der Waals surface area contributed by atoms with Gasteiger partial charge < -0.3 is 4.74 Å². The molecule has 0 saturated carbocycles. The largest absolute Gasteiger partial charge is 0.380 e. The highest BCUT2D eigenvalue weighted by Gasteiger charge is 2.47. The van der Waals surface area contributed by atoms with Crippen molar-refractivity contribution < 1.29 is 4.74 Å². The molecule has 2 fully saturated rings. The number of ether oxygens (including phenoxy) is 1. The Morgan fingerprint density at radius 2 is 1.72 bits per heavy atom. The number of hydrogen-bond donors (Lipinski definition) is 0. The Hall–Kier alpha value is -0.0800. The zero-order valence-corrected chi connectivity index (χ0v) is 13.2. The van der Waals surface area contributed by atoms with Crippen LogP contribution in [0.25, 0.3) is 0 Å². The summed E-state index contributed by atoms with van der Waals surface area (Å²) in [5, 5.41) is 0. The monoisotopic (exact) mass is 253 g/mol. The van der Waals surface area contributed by atoms with Gasteiger partial charge in [0.15, 0.2) is 0 Å². The molecule has 2 rings (SSSR count). The summed E-state index contributed by atoms with van der Waals surface area (Å²) in [7, 11) is 0. The molecule has 0 radical (unpaired) electrons. The van der Waals surface area contributed by atoms with Crippen LogP contribution in [0.2, 0.25) is 0 Å². The maximum absolute atomic E-state index is 5.50. The molecule has 1 atom stereocenters. The van der Waals surface area contributed by atoms with Crippen LogP contribution in [0.3, 0.4) is 0 Å². The van der Waals surface area contributed by atoms with E-state index in [1.165, 1.54) is 25.8 Å². The maximum Gasteiger partial charge on any atom is 0.0545 e. The van der Waals surface area contributed by atoms with Gasteiger partial charge in [-0.05, 0) is 52.0 Å². The Morgan fingerprint density at radius 1 is 1.11 bits per heavy atom. The standard InChI is InChI=1S/C16H31NO/c1-14(2,3)9-13-10-16(11-18-12-16)7-8-17(13)15(4,5)6/h13H,7-12H2,1-6H3. The van der Waals surface area contributed by atoms with Crippen molar-refractivity contribution in [2.24, 2.45) is 10.8 Å². The summed E-state index contributed by atoms with van der Waals surface area (Å²) in [6.07, 6.45) is 3.96. The van der Waals surface area contributed by atoms with E-state index in [1.54, 1.807) is 0 Å². The smallest absolute Gasteiger partial charge is 0.0545 e. The number of piperidine rings is 1. The Kier molecular flexibility index (Phi) is 3.57. The van der Waals surface area contributed by atoms with Crippen LogP contribution in [0.1, 0.15) is 60.8 Å². The van der Waals surface area contributed by atoms with Crippen molar-refractivity contribution in [1.29, 1.82) is 0 Å². The van der Waals surface area contributed by atoms with Gasteiger partial charge in [-0.25, -0.2) is 0 Å². The van der Waals surface area contributed by atoms with Crippen LogP contribution >= 0.6 is 0 Å². The van der Waals surface area contributed by atoms with Crippen LogP contribution in [0.5, 0.6) is 0 Å². The molecule has 2 nitrogen and oxygen atoms in total. The van der Waals surface area contributed by atoms with Gasteiger partial charge in [0.2, 0.25) is 0 Å². The molecule has 106 valence electrons. The number of likely N-dealkylation sites (tertiary alicyclic amines) is 1. The van der Waals surface area contributed by atoms with Crippen molar-refractivity contribution in [3.8, 4) is 0 Å². The molecule has 0 aliphatic carbocycles.